The van der Waals surface area contributed by atoms with Crippen LogP contribution in [0.3, 0.4) is 0 Å². The summed E-state index contributed by atoms with van der Waals surface area (Å²) >= 11 is 0. The summed E-state index contributed by atoms with van der Waals surface area (Å²) in [6.45, 7) is 0.271. The highest BCUT2D eigenvalue weighted by atomic mass is 16.6. The molecule has 8 nitrogen and oxygen atoms in total. The molecule has 0 saturated carbocycles. The Morgan fingerprint density at radius 1 is 1.11 bits per heavy atom. The van der Waals surface area contributed by atoms with Crippen molar-refractivity contribution in [3.8, 4) is 0 Å². The third kappa shape index (κ3) is 2.71. The van der Waals surface area contributed by atoms with Gasteiger partial charge in [0.25, 0.3) is 11.6 Å². The van der Waals surface area contributed by atoms with Crippen molar-refractivity contribution in [2.75, 3.05) is 18.5 Å². The van der Waals surface area contributed by atoms with Gasteiger partial charge in [0.2, 0.25) is 0 Å². The van der Waals surface area contributed by atoms with Crippen LogP contribution in [0.5, 0.6) is 0 Å². The first-order valence-electron chi connectivity index (χ1n) is 8.36. The molecular formula is C19H16N4O4. The van der Waals surface area contributed by atoms with Gasteiger partial charge < -0.3 is 10.2 Å². The Kier molecular flexibility index (Phi) is 3.88. The van der Waals surface area contributed by atoms with E-state index < -0.39 is 11.0 Å². The van der Waals surface area contributed by atoms with Crippen LogP contribution >= 0.6 is 0 Å². The van der Waals surface area contributed by atoms with Gasteiger partial charge in [0.15, 0.2) is 0 Å². The first-order valence-corrected chi connectivity index (χ1v) is 8.36. The molecule has 2 heterocycles. The predicted octanol–water partition coefficient (Wildman–Crippen LogP) is 2.59. The Labute approximate surface area is 154 Å². The minimum atomic E-state index is -0.732. The van der Waals surface area contributed by atoms with E-state index in [4.69, 9.17) is 0 Å². The monoisotopic (exact) mass is 364 g/mol. The quantitative estimate of drug-likeness (QED) is 0.669. The SMILES string of the molecule is CN1C(=O)NC(c2cccc([N+](=O)[O-])c2)C2=C1CN(c1ccccc1)C2=O. The van der Waals surface area contributed by atoms with Crippen LogP contribution in [-0.2, 0) is 4.79 Å². The highest BCUT2D eigenvalue weighted by Crippen LogP contribution is 2.38. The molecule has 136 valence electrons. The van der Waals surface area contributed by atoms with E-state index >= 15 is 0 Å². The Bertz CT molecular complexity index is 986. The number of nitro benzene ring substituents is 1. The van der Waals surface area contributed by atoms with Crippen LogP contribution in [0.4, 0.5) is 16.2 Å². The summed E-state index contributed by atoms with van der Waals surface area (Å²) in [5.41, 5.74) is 2.18. The summed E-state index contributed by atoms with van der Waals surface area (Å²) in [6, 6.07) is 14.1. The van der Waals surface area contributed by atoms with E-state index in [1.807, 2.05) is 30.3 Å². The number of para-hydroxylation sites is 1. The third-order valence-electron chi connectivity index (χ3n) is 4.84. The Balaban J connectivity index is 1.78. The molecule has 1 atom stereocenters. The lowest BCUT2D eigenvalue weighted by Crippen LogP contribution is -2.45. The second-order valence-corrected chi connectivity index (χ2v) is 6.38. The van der Waals surface area contributed by atoms with Crippen molar-refractivity contribution in [1.82, 2.24) is 10.2 Å². The first kappa shape index (κ1) is 16.8. The summed E-state index contributed by atoms with van der Waals surface area (Å²) < 4.78 is 0. The van der Waals surface area contributed by atoms with E-state index in [2.05, 4.69) is 5.32 Å². The van der Waals surface area contributed by atoms with Gasteiger partial charge in [-0.15, -0.1) is 0 Å². The van der Waals surface area contributed by atoms with E-state index in [-0.39, 0.29) is 24.2 Å². The second kappa shape index (κ2) is 6.24. The topological polar surface area (TPSA) is 95.8 Å². The lowest BCUT2D eigenvalue weighted by atomic mass is 9.95. The molecule has 0 bridgehead atoms. The molecule has 0 fully saturated rings. The summed E-state index contributed by atoms with van der Waals surface area (Å²) in [5.74, 6) is -0.223. The lowest BCUT2D eigenvalue weighted by Gasteiger charge is -2.30. The standard InChI is InChI=1S/C19H16N4O4/c1-21-15-11-22(13-7-3-2-4-8-13)18(24)16(15)17(20-19(21)25)12-6-5-9-14(10-12)23(26)27/h2-10,17H,11H2,1H3,(H,20,25). The number of urea groups is 1. The van der Waals surface area contributed by atoms with Gasteiger partial charge in [-0.05, 0) is 17.7 Å². The Morgan fingerprint density at radius 3 is 2.56 bits per heavy atom. The molecule has 2 aromatic rings. The van der Waals surface area contributed by atoms with Gasteiger partial charge in [0.1, 0.15) is 0 Å². The van der Waals surface area contributed by atoms with E-state index in [0.717, 1.165) is 5.69 Å². The molecule has 8 heteroatoms. The van der Waals surface area contributed by atoms with E-state index in [1.165, 1.54) is 17.0 Å². The second-order valence-electron chi connectivity index (χ2n) is 6.38. The average molecular weight is 364 g/mol. The number of nitro groups is 1. The summed E-state index contributed by atoms with van der Waals surface area (Å²) in [6.07, 6.45) is 0. The van der Waals surface area contributed by atoms with E-state index in [0.29, 0.717) is 16.8 Å². The Morgan fingerprint density at radius 2 is 1.85 bits per heavy atom. The van der Waals surface area contributed by atoms with Gasteiger partial charge in [-0.3, -0.25) is 19.8 Å². The number of hydrogen-bond donors (Lipinski definition) is 1. The van der Waals surface area contributed by atoms with Crippen molar-refractivity contribution >= 4 is 23.3 Å². The molecule has 2 aliphatic rings. The molecule has 0 spiro atoms. The zero-order chi connectivity index (χ0) is 19.1. The summed E-state index contributed by atoms with van der Waals surface area (Å²) in [5, 5.41) is 13.9. The minimum absolute atomic E-state index is 0.0896. The lowest BCUT2D eigenvalue weighted by molar-refractivity contribution is -0.384. The van der Waals surface area contributed by atoms with Crippen molar-refractivity contribution in [2.45, 2.75) is 6.04 Å². The predicted molar refractivity (Wildman–Crippen MR) is 98.0 cm³/mol. The van der Waals surface area contributed by atoms with Gasteiger partial charge >= 0.3 is 6.03 Å². The number of nitrogens with one attached hydrogen (secondary N) is 1. The van der Waals surface area contributed by atoms with Crippen LogP contribution < -0.4 is 10.2 Å². The molecule has 3 amide bonds. The summed E-state index contributed by atoms with van der Waals surface area (Å²) in [4.78, 5) is 39.2. The molecule has 4 rings (SSSR count). The van der Waals surface area contributed by atoms with Gasteiger partial charge in [0.05, 0.1) is 28.8 Å². The fourth-order valence-corrected chi connectivity index (χ4v) is 3.45. The number of nitrogens with zero attached hydrogens (tertiary/aromatic N) is 3. The number of hydrogen-bond acceptors (Lipinski definition) is 4. The molecule has 1 N–H and O–H groups in total. The van der Waals surface area contributed by atoms with Crippen LogP contribution in [0.15, 0.2) is 65.9 Å². The van der Waals surface area contributed by atoms with Crippen LogP contribution in [0.1, 0.15) is 11.6 Å². The smallest absolute Gasteiger partial charge is 0.322 e. The fourth-order valence-electron chi connectivity index (χ4n) is 3.45. The zero-order valence-electron chi connectivity index (χ0n) is 14.5. The molecule has 0 saturated heterocycles. The maximum absolute atomic E-state index is 13.2. The van der Waals surface area contributed by atoms with Gasteiger partial charge in [0, 0.05) is 24.9 Å². The largest absolute Gasteiger partial charge is 0.327 e. The molecule has 27 heavy (non-hydrogen) atoms. The van der Waals surface area contributed by atoms with Crippen LogP contribution in [0.2, 0.25) is 0 Å². The highest BCUT2D eigenvalue weighted by Gasteiger charge is 2.43. The molecule has 0 aliphatic carbocycles. The first-order chi connectivity index (χ1) is 13.0. The zero-order valence-corrected chi connectivity index (χ0v) is 14.5. The number of non-ortho nitro benzene ring substituents is 1. The van der Waals surface area contributed by atoms with Crippen molar-refractivity contribution in [2.24, 2.45) is 0 Å². The molecule has 0 radical (unpaired) electrons. The van der Waals surface area contributed by atoms with Gasteiger partial charge in [-0.2, -0.15) is 0 Å². The number of rotatable bonds is 3. The van der Waals surface area contributed by atoms with Crippen LogP contribution in [0.25, 0.3) is 0 Å². The number of likely N-dealkylation sites (N-methyl/N-ethyl adjacent to an activating group) is 1. The average Bonchev–Trinajstić information content (AvgIpc) is 3.03. The van der Waals surface area contributed by atoms with Gasteiger partial charge in [-0.25, -0.2) is 4.79 Å². The fraction of sp³-hybridized carbons (Fsp3) is 0.158. The van der Waals surface area contributed by atoms with Crippen molar-refractivity contribution < 1.29 is 14.5 Å². The normalized spacial score (nSPS) is 19.2. The van der Waals surface area contributed by atoms with E-state index in [1.54, 1.807) is 24.1 Å². The van der Waals surface area contributed by atoms with Gasteiger partial charge in [-0.1, -0.05) is 30.3 Å². The molecule has 2 aliphatic heterocycles. The van der Waals surface area contributed by atoms with E-state index in [9.17, 15) is 19.7 Å². The van der Waals surface area contributed by atoms with Crippen LogP contribution in [0, 0.1) is 10.1 Å². The minimum Gasteiger partial charge on any atom is -0.327 e. The maximum atomic E-state index is 13.2. The third-order valence-corrected chi connectivity index (χ3v) is 4.84. The number of anilines is 1. The molecule has 1 unspecified atom stereocenters. The van der Waals surface area contributed by atoms with Crippen molar-refractivity contribution in [1.29, 1.82) is 0 Å². The van der Waals surface area contributed by atoms with Crippen molar-refractivity contribution in [3.05, 3.63) is 81.5 Å². The van der Waals surface area contributed by atoms with Crippen LogP contribution in [-0.4, -0.2) is 35.4 Å². The number of carbonyl (C=O) groups excluding carboxylic acids is 2. The number of benzene rings is 2. The number of amides is 3. The summed E-state index contributed by atoms with van der Waals surface area (Å²) in [7, 11) is 1.61. The van der Waals surface area contributed by atoms with Crippen molar-refractivity contribution in [3.63, 3.8) is 0 Å². The highest BCUT2D eigenvalue weighted by molar-refractivity contribution is 6.11. The molecule has 2 aromatic carbocycles. The number of carbonyl (C=O) groups is 2. The molecule has 0 aromatic heterocycles. The Hall–Kier alpha value is -3.68. The molecular weight excluding hydrogens is 348 g/mol. The maximum Gasteiger partial charge on any atom is 0.322 e.